The molecule has 2 saturated carbocycles. The van der Waals surface area contributed by atoms with Gasteiger partial charge in [0.05, 0.1) is 55.7 Å². The van der Waals surface area contributed by atoms with Gasteiger partial charge in [0.2, 0.25) is 5.88 Å². The molecule has 0 bridgehead atoms. The van der Waals surface area contributed by atoms with E-state index < -0.39 is 24.0 Å². The third-order valence-corrected chi connectivity index (χ3v) is 12.1. The van der Waals surface area contributed by atoms with Crippen LogP contribution in [0.25, 0.3) is 33.1 Å². The Labute approximate surface area is 303 Å². The molecule has 0 spiro atoms. The molecule has 2 N–H and O–H groups in total. The predicted molar refractivity (Wildman–Crippen MR) is 186 cm³/mol. The van der Waals surface area contributed by atoms with Gasteiger partial charge in [-0.05, 0) is 69.5 Å². The first-order chi connectivity index (χ1) is 25.0. The number of methoxy groups -OCH3 is 1. The van der Waals surface area contributed by atoms with Gasteiger partial charge >= 0.3 is 12.2 Å². The molecule has 3 aromatic heterocycles. The summed E-state index contributed by atoms with van der Waals surface area (Å²) in [4.78, 5) is 18.3. The van der Waals surface area contributed by atoms with E-state index in [1.54, 1.807) is 11.1 Å². The molecule has 0 amide bonds. The molecule has 16 heteroatoms. The van der Waals surface area contributed by atoms with Gasteiger partial charge in [-0.3, -0.25) is 10.00 Å². The maximum Gasteiger partial charge on any atom is 0.391 e. The average Bonchev–Trinajstić information content (AvgIpc) is 3.68. The summed E-state index contributed by atoms with van der Waals surface area (Å²) in [6, 6.07) is 1.96. The van der Waals surface area contributed by atoms with Crippen LogP contribution in [0.5, 0.6) is 11.9 Å². The Hall–Kier alpha value is -3.53. The number of likely N-dealkylation sites (tertiary alicyclic amines) is 1. The summed E-state index contributed by atoms with van der Waals surface area (Å²) in [6.45, 7) is 4.55. The van der Waals surface area contributed by atoms with Gasteiger partial charge in [0.1, 0.15) is 22.4 Å². The summed E-state index contributed by atoms with van der Waals surface area (Å²) in [6.07, 6.45) is 1.63. The van der Waals surface area contributed by atoms with E-state index in [0.29, 0.717) is 46.7 Å². The Morgan fingerprint density at radius 3 is 2.75 bits per heavy atom. The Kier molecular flexibility index (Phi) is 9.36. The fourth-order valence-corrected chi connectivity index (χ4v) is 9.30. The Bertz CT molecular complexity index is 1970. The second-order valence-corrected chi connectivity index (χ2v) is 15.3. The molecule has 2 aliphatic heterocycles. The number of alkyl halides is 3. The number of benzene rings is 1. The molecule has 4 aliphatic rings. The van der Waals surface area contributed by atoms with Gasteiger partial charge in [0.25, 0.3) is 0 Å². The van der Waals surface area contributed by atoms with Crippen molar-refractivity contribution in [2.75, 3.05) is 58.0 Å². The minimum atomic E-state index is -4.13. The molecule has 280 valence electrons. The molecule has 2 aliphatic carbocycles. The van der Waals surface area contributed by atoms with Crippen molar-refractivity contribution in [3.05, 3.63) is 28.7 Å². The lowest BCUT2D eigenvalue weighted by molar-refractivity contribution is -0.206. The Morgan fingerprint density at radius 2 is 1.96 bits per heavy atom. The molecule has 8 rings (SSSR count). The Balaban J connectivity index is 1.17. The highest BCUT2D eigenvalue weighted by atomic mass is 35.5. The fourth-order valence-electron chi connectivity index (χ4n) is 9.05. The zero-order valence-corrected chi connectivity index (χ0v) is 29.9. The molecular formula is C36H42ClF4N7O4. The van der Waals surface area contributed by atoms with Crippen molar-refractivity contribution in [2.24, 2.45) is 17.3 Å². The number of aromatic amines is 1. The zero-order valence-electron chi connectivity index (χ0n) is 29.1. The lowest BCUT2D eigenvalue weighted by Crippen LogP contribution is -2.54. The van der Waals surface area contributed by atoms with Crippen molar-refractivity contribution in [1.82, 2.24) is 30.0 Å². The van der Waals surface area contributed by atoms with E-state index in [1.807, 2.05) is 13.0 Å². The molecule has 5 heterocycles. The van der Waals surface area contributed by atoms with Crippen LogP contribution in [0.15, 0.2) is 12.3 Å². The van der Waals surface area contributed by atoms with Crippen LogP contribution in [-0.4, -0.2) is 107 Å². The molecule has 11 nitrogen and oxygen atoms in total. The molecular weight excluding hydrogens is 706 g/mol. The topological polar surface area (TPSA) is 122 Å². The summed E-state index contributed by atoms with van der Waals surface area (Å²) in [5.41, 5.74) is 1.31. The van der Waals surface area contributed by atoms with Gasteiger partial charge in [-0.15, -0.1) is 0 Å². The van der Waals surface area contributed by atoms with Crippen molar-refractivity contribution in [2.45, 2.75) is 70.2 Å². The van der Waals surface area contributed by atoms with Crippen molar-refractivity contribution in [3.63, 3.8) is 0 Å². The highest BCUT2D eigenvalue weighted by Gasteiger charge is 2.52. The molecule has 4 aromatic rings. The monoisotopic (exact) mass is 747 g/mol. The van der Waals surface area contributed by atoms with E-state index in [1.165, 1.54) is 7.11 Å². The first-order valence-electron chi connectivity index (χ1n) is 18.0. The number of anilines is 1. The molecule has 1 aromatic carbocycles. The van der Waals surface area contributed by atoms with E-state index in [4.69, 9.17) is 30.8 Å². The molecule has 3 atom stereocenters. The van der Waals surface area contributed by atoms with Gasteiger partial charge in [-0.2, -0.15) is 28.2 Å². The number of aromatic nitrogens is 5. The van der Waals surface area contributed by atoms with Crippen LogP contribution in [0.1, 0.15) is 50.5 Å². The predicted octanol–water partition coefficient (Wildman–Crippen LogP) is 6.48. The first kappa shape index (κ1) is 35.5. The van der Waals surface area contributed by atoms with Crippen LogP contribution in [0.3, 0.4) is 0 Å². The largest absolute Gasteiger partial charge is 0.480 e. The first-order valence-corrected chi connectivity index (χ1v) is 18.4. The van der Waals surface area contributed by atoms with Crippen LogP contribution in [0, 0.1) is 30.0 Å². The van der Waals surface area contributed by atoms with E-state index >= 15 is 4.39 Å². The standard InChI is InChI=1S/C36H42ClF4N7O4/c1-19-11-24-23(14-42-46-24)26(28(19)37)30-29(38)31-27(33(43-30)50-2)32(48-9-10-51-17-22(49)16-48)45-34(44-31)52-18-35-6-3-5-25(35)47(8-4-7-35)15-20-12-21(13-20)36(39,40)41/h11,14,20-22,25,49H,3-10,12-13,15-18H2,1-2H3,(H,42,46). The van der Waals surface area contributed by atoms with Gasteiger partial charge in [-0.25, -0.2) is 9.37 Å². The lowest BCUT2D eigenvalue weighted by Gasteiger charge is -2.49. The van der Waals surface area contributed by atoms with Crippen molar-refractivity contribution < 1.29 is 36.9 Å². The minimum absolute atomic E-state index is 0.0341. The number of ether oxygens (including phenoxy) is 3. The Morgan fingerprint density at radius 1 is 1.15 bits per heavy atom. The summed E-state index contributed by atoms with van der Waals surface area (Å²) in [5, 5.41) is 18.8. The lowest BCUT2D eigenvalue weighted by atomic mass is 9.72. The number of β-amino-alcohol motifs (C(OH)–C–C–N with tert-alkyl or cyclic N) is 1. The number of aryl methyl sites for hydroxylation is 1. The molecule has 52 heavy (non-hydrogen) atoms. The van der Waals surface area contributed by atoms with Crippen molar-refractivity contribution in [3.8, 4) is 23.1 Å². The van der Waals surface area contributed by atoms with E-state index in [-0.39, 0.29) is 84.3 Å². The number of hydrogen-bond acceptors (Lipinski definition) is 10. The van der Waals surface area contributed by atoms with Crippen LogP contribution in [0.2, 0.25) is 5.02 Å². The van der Waals surface area contributed by atoms with Crippen LogP contribution >= 0.6 is 11.6 Å². The number of aliphatic hydroxyl groups is 1. The third kappa shape index (κ3) is 6.30. The second-order valence-electron chi connectivity index (χ2n) is 15.0. The van der Waals surface area contributed by atoms with E-state index in [9.17, 15) is 18.3 Å². The molecule has 3 unspecified atom stereocenters. The summed E-state index contributed by atoms with van der Waals surface area (Å²) < 4.78 is 74.6. The van der Waals surface area contributed by atoms with Crippen molar-refractivity contribution in [1.29, 1.82) is 0 Å². The average molecular weight is 748 g/mol. The fraction of sp³-hybridized carbons (Fsp3) is 0.611. The zero-order chi connectivity index (χ0) is 36.4. The van der Waals surface area contributed by atoms with Gasteiger partial charge in [-0.1, -0.05) is 18.0 Å². The maximum atomic E-state index is 17.1. The molecule has 4 fully saturated rings. The van der Waals surface area contributed by atoms with Crippen LogP contribution < -0.4 is 14.4 Å². The highest BCUT2D eigenvalue weighted by Crippen LogP contribution is 2.51. The van der Waals surface area contributed by atoms with E-state index in [0.717, 1.165) is 38.6 Å². The number of halogens is 5. The summed E-state index contributed by atoms with van der Waals surface area (Å²) in [7, 11) is 1.43. The van der Waals surface area contributed by atoms with Gasteiger partial charge in [0, 0.05) is 42.0 Å². The van der Waals surface area contributed by atoms with Crippen molar-refractivity contribution >= 4 is 39.2 Å². The number of piperidine rings is 1. The quantitative estimate of drug-likeness (QED) is 0.194. The second kappa shape index (κ2) is 13.7. The van der Waals surface area contributed by atoms with Crippen LogP contribution in [0.4, 0.5) is 23.4 Å². The summed E-state index contributed by atoms with van der Waals surface area (Å²) >= 11 is 6.82. The van der Waals surface area contributed by atoms with Crippen LogP contribution in [-0.2, 0) is 4.74 Å². The number of fused-ring (bicyclic) bond motifs is 3. The summed E-state index contributed by atoms with van der Waals surface area (Å²) in [5.74, 6) is -1.54. The molecule has 0 radical (unpaired) electrons. The number of nitrogens with one attached hydrogen (secondary N) is 1. The van der Waals surface area contributed by atoms with Gasteiger partial charge < -0.3 is 24.2 Å². The molecule has 2 saturated heterocycles. The number of aliphatic hydroxyl groups excluding tert-OH is 1. The maximum absolute atomic E-state index is 17.1. The third-order valence-electron chi connectivity index (χ3n) is 11.7. The highest BCUT2D eigenvalue weighted by molar-refractivity contribution is 6.35. The minimum Gasteiger partial charge on any atom is -0.480 e. The number of pyridine rings is 1. The normalized spacial score (nSPS) is 27.1. The number of rotatable bonds is 8. The SMILES string of the molecule is COc1nc(-c2c(Cl)c(C)cc3[nH]ncc23)c(F)c2nc(OCC34CCCC3N(CC3CC(C(F)(F)F)C3)CCC4)nc(N3CCOCC(O)C3)c12. The number of H-pyrrole nitrogens is 1. The van der Waals surface area contributed by atoms with Gasteiger partial charge in [0.15, 0.2) is 5.82 Å². The number of hydrogen-bond donors (Lipinski definition) is 2. The van der Waals surface area contributed by atoms with E-state index in [2.05, 4.69) is 25.1 Å². The number of nitrogens with zero attached hydrogens (tertiary/aromatic N) is 6. The smallest absolute Gasteiger partial charge is 0.391 e.